The Hall–Kier alpha value is -2.56. The van der Waals surface area contributed by atoms with Gasteiger partial charge < -0.3 is 14.6 Å². The summed E-state index contributed by atoms with van der Waals surface area (Å²) in [7, 11) is 1.55. The fraction of sp³-hybridized carbons (Fsp3) is 0.200. The van der Waals surface area contributed by atoms with Crippen molar-refractivity contribution in [2.45, 2.75) is 13.5 Å². The van der Waals surface area contributed by atoms with Crippen molar-refractivity contribution in [3.8, 4) is 11.6 Å². The smallest absolute Gasteiger partial charge is 0.335 e. The second-order valence-electron chi connectivity index (χ2n) is 4.25. The first-order chi connectivity index (χ1) is 9.60. The van der Waals surface area contributed by atoms with Gasteiger partial charge in [-0.05, 0) is 30.7 Å². The monoisotopic (exact) mass is 273 g/mol. The van der Waals surface area contributed by atoms with Crippen LogP contribution in [0.2, 0.25) is 0 Å². The number of rotatable bonds is 5. The lowest BCUT2D eigenvalue weighted by atomic mass is 10.1. The fourth-order valence-corrected chi connectivity index (χ4v) is 1.69. The third-order valence-corrected chi connectivity index (χ3v) is 2.80. The lowest BCUT2D eigenvalue weighted by molar-refractivity contribution is 0.0696. The Morgan fingerprint density at radius 2 is 2.10 bits per heavy atom. The van der Waals surface area contributed by atoms with Crippen molar-refractivity contribution in [1.82, 2.24) is 4.98 Å². The van der Waals surface area contributed by atoms with Gasteiger partial charge in [-0.1, -0.05) is 12.1 Å². The van der Waals surface area contributed by atoms with Crippen LogP contribution in [0, 0.1) is 6.92 Å². The molecule has 20 heavy (non-hydrogen) atoms. The fourth-order valence-electron chi connectivity index (χ4n) is 1.69. The Bertz CT molecular complexity index is 625. The molecule has 2 rings (SSSR count). The highest BCUT2D eigenvalue weighted by atomic mass is 16.5. The van der Waals surface area contributed by atoms with E-state index in [1.165, 1.54) is 6.07 Å². The van der Waals surface area contributed by atoms with Crippen LogP contribution in [0.5, 0.6) is 11.6 Å². The van der Waals surface area contributed by atoms with E-state index in [4.69, 9.17) is 14.6 Å². The van der Waals surface area contributed by atoms with Crippen LogP contribution in [0.1, 0.15) is 21.6 Å². The molecule has 0 aliphatic rings. The molecule has 5 heteroatoms. The summed E-state index contributed by atoms with van der Waals surface area (Å²) in [6.45, 7) is 2.11. The average Bonchev–Trinajstić information content (AvgIpc) is 2.46. The number of methoxy groups -OCH3 is 1. The van der Waals surface area contributed by atoms with Gasteiger partial charge in [0.25, 0.3) is 0 Å². The molecule has 0 atom stereocenters. The Kier molecular flexibility index (Phi) is 4.20. The van der Waals surface area contributed by atoms with Crippen LogP contribution in [0.25, 0.3) is 0 Å². The summed E-state index contributed by atoms with van der Waals surface area (Å²) in [6.07, 6.45) is 0. The number of carbonyl (C=O) groups is 1. The molecule has 1 aromatic carbocycles. The van der Waals surface area contributed by atoms with E-state index in [-0.39, 0.29) is 12.2 Å². The lowest BCUT2D eigenvalue weighted by Gasteiger charge is -2.10. The van der Waals surface area contributed by atoms with Gasteiger partial charge in [-0.3, -0.25) is 0 Å². The zero-order chi connectivity index (χ0) is 14.5. The van der Waals surface area contributed by atoms with E-state index in [0.29, 0.717) is 17.3 Å². The van der Waals surface area contributed by atoms with Crippen molar-refractivity contribution in [3.05, 3.63) is 53.2 Å². The van der Waals surface area contributed by atoms with Gasteiger partial charge in [-0.15, -0.1) is 0 Å². The standard InChI is InChI=1S/C15H15NO4/c1-10-6-7-11(15(17)18)8-13(10)20-9-12-4-3-5-14(16-12)19-2/h3-8H,9H2,1-2H3,(H,17,18). The number of aromatic carboxylic acids is 1. The minimum Gasteiger partial charge on any atom is -0.487 e. The van der Waals surface area contributed by atoms with E-state index < -0.39 is 5.97 Å². The molecule has 1 aromatic heterocycles. The van der Waals surface area contributed by atoms with Gasteiger partial charge >= 0.3 is 5.97 Å². The summed E-state index contributed by atoms with van der Waals surface area (Å²) in [5.74, 6) is 0.0750. The second kappa shape index (κ2) is 6.06. The number of aromatic nitrogens is 1. The SMILES string of the molecule is COc1cccc(COc2cc(C(=O)O)ccc2C)n1. The molecule has 2 aromatic rings. The normalized spacial score (nSPS) is 10.1. The van der Waals surface area contributed by atoms with Crippen LogP contribution in [-0.2, 0) is 6.61 Å². The van der Waals surface area contributed by atoms with Gasteiger partial charge in [-0.25, -0.2) is 9.78 Å². The number of hydrogen-bond donors (Lipinski definition) is 1. The maximum absolute atomic E-state index is 10.9. The number of carboxylic acids is 1. The highest BCUT2D eigenvalue weighted by Gasteiger charge is 2.08. The van der Waals surface area contributed by atoms with E-state index in [9.17, 15) is 4.79 Å². The summed E-state index contributed by atoms with van der Waals surface area (Å²) in [6, 6.07) is 10.2. The van der Waals surface area contributed by atoms with Crippen LogP contribution in [0.4, 0.5) is 0 Å². The number of carboxylic acid groups (broad SMARTS) is 1. The first kappa shape index (κ1) is 13.9. The number of ether oxygens (including phenoxy) is 2. The number of hydrogen-bond acceptors (Lipinski definition) is 4. The van der Waals surface area contributed by atoms with E-state index in [1.54, 1.807) is 25.3 Å². The van der Waals surface area contributed by atoms with Gasteiger partial charge in [0.1, 0.15) is 12.4 Å². The number of benzene rings is 1. The molecule has 104 valence electrons. The minimum atomic E-state index is -0.977. The molecule has 5 nitrogen and oxygen atoms in total. The van der Waals surface area contributed by atoms with Crippen molar-refractivity contribution in [2.75, 3.05) is 7.11 Å². The van der Waals surface area contributed by atoms with Gasteiger partial charge in [-0.2, -0.15) is 0 Å². The molecule has 0 saturated heterocycles. The Labute approximate surface area is 116 Å². The Morgan fingerprint density at radius 3 is 2.80 bits per heavy atom. The molecule has 0 amide bonds. The number of nitrogens with zero attached hydrogens (tertiary/aromatic N) is 1. The molecule has 0 radical (unpaired) electrons. The molecular formula is C15H15NO4. The third kappa shape index (κ3) is 3.26. The molecule has 0 fully saturated rings. The van der Waals surface area contributed by atoms with Crippen molar-refractivity contribution in [1.29, 1.82) is 0 Å². The molecule has 0 spiro atoms. The topological polar surface area (TPSA) is 68.7 Å². The molecule has 1 heterocycles. The third-order valence-electron chi connectivity index (χ3n) is 2.80. The maximum atomic E-state index is 10.9. The van der Waals surface area contributed by atoms with Gasteiger partial charge in [0.15, 0.2) is 0 Å². The molecule has 0 saturated carbocycles. The molecule has 0 unspecified atom stereocenters. The Balaban J connectivity index is 2.13. The van der Waals surface area contributed by atoms with Crippen molar-refractivity contribution >= 4 is 5.97 Å². The van der Waals surface area contributed by atoms with Gasteiger partial charge in [0.2, 0.25) is 5.88 Å². The highest BCUT2D eigenvalue weighted by molar-refractivity contribution is 5.88. The molecule has 0 bridgehead atoms. The summed E-state index contributed by atoms with van der Waals surface area (Å²) in [5, 5.41) is 8.97. The van der Waals surface area contributed by atoms with Crippen LogP contribution in [-0.4, -0.2) is 23.2 Å². The second-order valence-corrected chi connectivity index (χ2v) is 4.25. The van der Waals surface area contributed by atoms with E-state index in [2.05, 4.69) is 4.98 Å². The first-order valence-corrected chi connectivity index (χ1v) is 6.07. The maximum Gasteiger partial charge on any atom is 0.335 e. The van der Waals surface area contributed by atoms with Gasteiger partial charge in [0.05, 0.1) is 18.4 Å². The first-order valence-electron chi connectivity index (χ1n) is 6.07. The number of aryl methyl sites for hydroxylation is 1. The van der Waals surface area contributed by atoms with E-state index >= 15 is 0 Å². The van der Waals surface area contributed by atoms with E-state index in [1.807, 2.05) is 19.1 Å². The average molecular weight is 273 g/mol. The van der Waals surface area contributed by atoms with Crippen molar-refractivity contribution in [2.24, 2.45) is 0 Å². The van der Waals surface area contributed by atoms with Crippen molar-refractivity contribution in [3.63, 3.8) is 0 Å². The zero-order valence-corrected chi connectivity index (χ0v) is 11.3. The van der Waals surface area contributed by atoms with E-state index in [0.717, 1.165) is 5.56 Å². The minimum absolute atomic E-state index is 0.198. The predicted octanol–water partition coefficient (Wildman–Crippen LogP) is 2.68. The highest BCUT2D eigenvalue weighted by Crippen LogP contribution is 2.21. The lowest BCUT2D eigenvalue weighted by Crippen LogP contribution is -2.02. The molecule has 0 aliphatic carbocycles. The summed E-state index contributed by atoms with van der Waals surface area (Å²) >= 11 is 0. The van der Waals surface area contributed by atoms with Crippen LogP contribution >= 0.6 is 0 Å². The Morgan fingerprint density at radius 1 is 1.30 bits per heavy atom. The summed E-state index contributed by atoms with van der Waals surface area (Å²) in [4.78, 5) is 15.2. The molecule has 0 aliphatic heterocycles. The zero-order valence-electron chi connectivity index (χ0n) is 11.3. The van der Waals surface area contributed by atoms with Crippen LogP contribution in [0.3, 0.4) is 0 Å². The van der Waals surface area contributed by atoms with Crippen LogP contribution in [0.15, 0.2) is 36.4 Å². The van der Waals surface area contributed by atoms with Crippen LogP contribution < -0.4 is 9.47 Å². The van der Waals surface area contributed by atoms with Gasteiger partial charge in [0, 0.05) is 6.07 Å². The van der Waals surface area contributed by atoms with Crippen molar-refractivity contribution < 1.29 is 19.4 Å². The summed E-state index contributed by atoms with van der Waals surface area (Å²) < 4.78 is 10.7. The predicted molar refractivity (Wildman–Crippen MR) is 73.3 cm³/mol. The largest absolute Gasteiger partial charge is 0.487 e. The quantitative estimate of drug-likeness (QED) is 0.907. The molecular weight excluding hydrogens is 258 g/mol. The summed E-state index contributed by atoms with van der Waals surface area (Å²) in [5.41, 5.74) is 1.78. The number of pyridine rings is 1. The molecule has 1 N–H and O–H groups in total.